The summed E-state index contributed by atoms with van der Waals surface area (Å²) in [6.45, 7) is 8.90. The van der Waals surface area contributed by atoms with Gasteiger partial charge < -0.3 is 35.8 Å². The zero-order valence-corrected chi connectivity index (χ0v) is 23.7. The molecule has 6 N–H and O–H groups in total. The van der Waals surface area contributed by atoms with Gasteiger partial charge in [-0.15, -0.1) is 0 Å². The highest BCUT2D eigenvalue weighted by Crippen LogP contribution is 2.58. The minimum atomic E-state index is -2.89. The third-order valence-corrected chi connectivity index (χ3v) is 8.39. The molecule has 0 aliphatic heterocycles. The molecule has 5 atom stereocenters. The van der Waals surface area contributed by atoms with Gasteiger partial charge in [0.1, 0.15) is 28.9 Å². The highest BCUT2D eigenvalue weighted by Gasteiger charge is 2.66. The Morgan fingerprint density at radius 2 is 1.77 bits per heavy atom. The lowest BCUT2D eigenvalue weighted by Crippen LogP contribution is -2.64. The number of nitrogens with two attached hydrogens (primary N) is 1. The first kappa shape index (κ1) is 29.1. The van der Waals surface area contributed by atoms with E-state index in [1.165, 1.54) is 0 Å². The lowest BCUT2D eigenvalue weighted by atomic mass is 9.55. The van der Waals surface area contributed by atoms with Gasteiger partial charge in [-0.25, -0.2) is 0 Å². The Morgan fingerprint density at radius 3 is 2.27 bits per heavy atom. The van der Waals surface area contributed by atoms with Gasteiger partial charge in [0.05, 0.1) is 5.56 Å². The molecule has 4 rings (SSSR count). The molecule has 0 spiro atoms. The molecule has 5 unspecified atom stereocenters. The average Bonchev–Trinajstić information content (AvgIpc) is 2.84. The molecule has 1 saturated carbocycles. The number of carbonyl (C=O) groups is 4. The van der Waals surface area contributed by atoms with Gasteiger partial charge in [0.15, 0.2) is 11.4 Å². The quantitative estimate of drug-likeness (QED) is 0.272. The fourth-order valence-electron chi connectivity index (χ4n) is 6.42. The zero-order chi connectivity index (χ0) is 30.2. The second-order valence-corrected chi connectivity index (χ2v) is 12.0. The van der Waals surface area contributed by atoms with Crippen LogP contribution in [0.1, 0.15) is 70.1 Å². The number of aromatic hydroxyl groups is 1. The molecule has 216 valence electrons. The maximum Gasteiger partial charge on any atom is 0.305 e. The molecule has 0 aromatic heterocycles. The predicted molar refractivity (Wildman–Crippen MR) is 145 cm³/mol. The third-order valence-electron chi connectivity index (χ3n) is 8.39. The summed E-state index contributed by atoms with van der Waals surface area (Å²) < 4.78 is 5.75. The van der Waals surface area contributed by atoms with Gasteiger partial charge in [-0.3, -0.25) is 19.2 Å². The topological polar surface area (TPSA) is 188 Å². The number of nitrogens with zero attached hydrogens (tertiary/aromatic N) is 1. The lowest BCUT2D eigenvalue weighted by molar-refractivity contribution is -0.178. The number of anilines is 1. The number of amides is 1. The fourth-order valence-corrected chi connectivity index (χ4v) is 6.42. The SMILES string of the molecule is CCC(=O)OC1C2C(=C(O)c3c(O)c(C(C)(C)C)cc(N(C)C)c3C2C)C(=O)C2(O)C(O)=C(C(N)=O)C(=O)CC12. The molecule has 11 nitrogen and oxygen atoms in total. The maximum absolute atomic E-state index is 14.1. The van der Waals surface area contributed by atoms with Crippen LogP contribution in [-0.2, 0) is 29.3 Å². The monoisotopic (exact) mass is 556 g/mol. The molecule has 0 saturated heterocycles. The van der Waals surface area contributed by atoms with Gasteiger partial charge in [0.2, 0.25) is 5.78 Å². The number of esters is 1. The standard InChI is InChI=1S/C29H36N2O9/c1-8-16(33)40-24-13-10-15(32)19(27(30)38)25(36)29(13,39)26(37)21-18(24)11(2)17-14(31(6)7)9-12(28(3,4)5)22(34)20(17)23(21)35/h9,11,13,18,24,34-36,39H,8,10H2,1-7H3,(H2,30,38). The maximum atomic E-state index is 14.1. The van der Waals surface area contributed by atoms with E-state index in [2.05, 4.69) is 0 Å². The summed E-state index contributed by atoms with van der Waals surface area (Å²) in [5.41, 5.74) is 2.11. The second-order valence-electron chi connectivity index (χ2n) is 12.0. The Morgan fingerprint density at radius 1 is 1.18 bits per heavy atom. The van der Waals surface area contributed by atoms with E-state index in [1.54, 1.807) is 38.9 Å². The number of rotatable bonds is 4. The fraction of sp³-hybridized carbons (Fsp3) is 0.517. The normalized spacial score (nSPS) is 28.1. The molecule has 1 fully saturated rings. The average molecular weight is 557 g/mol. The van der Waals surface area contributed by atoms with Crippen LogP contribution in [0, 0.1) is 11.8 Å². The molecular weight excluding hydrogens is 520 g/mol. The van der Waals surface area contributed by atoms with E-state index in [-0.39, 0.29) is 23.3 Å². The van der Waals surface area contributed by atoms with E-state index in [1.807, 2.05) is 20.8 Å². The van der Waals surface area contributed by atoms with Crippen molar-refractivity contribution in [2.45, 2.75) is 70.5 Å². The number of benzene rings is 1. The van der Waals surface area contributed by atoms with Crippen molar-refractivity contribution in [3.05, 3.63) is 39.7 Å². The lowest BCUT2D eigenvalue weighted by Gasteiger charge is -2.51. The van der Waals surface area contributed by atoms with Crippen LogP contribution < -0.4 is 10.6 Å². The molecule has 0 heterocycles. The summed E-state index contributed by atoms with van der Waals surface area (Å²) in [6.07, 6.45) is -2.06. The third kappa shape index (κ3) is 3.89. The largest absolute Gasteiger partial charge is 0.508 e. The van der Waals surface area contributed by atoms with Gasteiger partial charge in [-0.05, 0) is 23.0 Å². The number of ether oxygens (including phenoxy) is 1. The van der Waals surface area contributed by atoms with Crippen molar-refractivity contribution >= 4 is 34.9 Å². The van der Waals surface area contributed by atoms with Crippen molar-refractivity contribution in [3.63, 3.8) is 0 Å². The molecule has 3 aliphatic carbocycles. The number of aliphatic hydroxyl groups is 3. The van der Waals surface area contributed by atoms with Crippen molar-refractivity contribution in [2.75, 3.05) is 19.0 Å². The van der Waals surface area contributed by atoms with Gasteiger partial charge in [-0.2, -0.15) is 0 Å². The summed E-state index contributed by atoms with van der Waals surface area (Å²) in [5, 5.41) is 45.9. The first-order chi connectivity index (χ1) is 18.4. The summed E-state index contributed by atoms with van der Waals surface area (Å²) >= 11 is 0. The minimum absolute atomic E-state index is 0.0173. The molecule has 1 amide bonds. The Hall–Kier alpha value is -3.86. The smallest absolute Gasteiger partial charge is 0.305 e. The Labute approximate surface area is 231 Å². The highest BCUT2D eigenvalue weighted by molar-refractivity contribution is 6.23. The van der Waals surface area contributed by atoms with E-state index < -0.39 is 81.8 Å². The van der Waals surface area contributed by atoms with Gasteiger partial charge >= 0.3 is 5.97 Å². The van der Waals surface area contributed by atoms with E-state index in [0.29, 0.717) is 16.8 Å². The first-order valence-corrected chi connectivity index (χ1v) is 13.2. The second kappa shape index (κ2) is 9.36. The van der Waals surface area contributed by atoms with Gasteiger partial charge in [-0.1, -0.05) is 34.6 Å². The minimum Gasteiger partial charge on any atom is -0.508 e. The van der Waals surface area contributed by atoms with Crippen molar-refractivity contribution in [3.8, 4) is 5.75 Å². The number of aliphatic hydroxyl groups excluding tert-OH is 2. The van der Waals surface area contributed by atoms with E-state index in [0.717, 1.165) is 0 Å². The van der Waals surface area contributed by atoms with Crippen LogP contribution in [0.15, 0.2) is 23.0 Å². The van der Waals surface area contributed by atoms with Crippen LogP contribution in [0.25, 0.3) is 5.76 Å². The van der Waals surface area contributed by atoms with Crippen molar-refractivity contribution < 1.29 is 44.3 Å². The predicted octanol–water partition coefficient (Wildman–Crippen LogP) is 2.28. The number of hydrogen-bond donors (Lipinski definition) is 5. The first-order valence-electron chi connectivity index (χ1n) is 13.2. The molecule has 11 heteroatoms. The molecule has 1 aromatic carbocycles. The Bertz CT molecular complexity index is 1420. The van der Waals surface area contributed by atoms with Crippen molar-refractivity contribution in [1.29, 1.82) is 0 Å². The zero-order valence-electron chi connectivity index (χ0n) is 23.7. The Balaban J connectivity index is 2.13. The number of hydrogen-bond acceptors (Lipinski definition) is 10. The summed E-state index contributed by atoms with van der Waals surface area (Å²) in [7, 11) is 3.57. The number of carbonyl (C=O) groups excluding carboxylic acids is 4. The molecule has 1 aromatic rings. The highest BCUT2D eigenvalue weighted by atomic mass is 16.5. The Kier molecular flexibility index (Phi) is 6.82. The van der Waals surface area contributed by atoms with Crippen LogP contribution >= 0.6 is 0 Å². The number of phenolic OH excluding ortho intramolecular Hbond substituents is 1. The molecular formula is C29H36N2O9. The number of ketones is 2. The van der Waals surface area contributed by atoms with Crippen molar-refractivity contribution in [2.24, 2.45) is 17.6 Å². The molecule has 40 heavy (non-hydrogen) atoms. The van der Waals surface area contributed by atoms with Crippen LogP contribution in [-0.4, -0.2) is 69.7 Å². The van der Waals surface area contributed by atoms with Crippen molar-refractivity contribution in [1.82, 2.24) is 0 Å². The van der Waals surface area contributed by atoms with Crippen LogP contribution in [0.5, 0.6) is 5.75 Å². The number of phenols is 1. The number of fused-ring (bicyclic) bond motifs is 3. The van der Waals surface area contributed by atoms with Gasteiger partial charge in [0, 0.05) is 55.6 Å². The summed E-state index contributed by atoms with van der Waals surface area (Å²) in [6, 6.07) is 1.80. The van der Waals surface area contributed by atoms with Gasteiger partial charge in [0.25, 0.3) is 5.91 Å². The molecule has 0 radical (unpaired) electrons. The van der Waals surface area contributed by atoms with E-state index in [4.69, 9.17) is 10.5 Å². The van der Waals surface area contributed by atoms with E-state index >= 15 is 0 Å². The summed E-state index contributed by atoms with van der Waals surface area (Å²) in [5.74, 6) is -9.49. The van der Waals surface area contributed by atoms with Crippen LogP contribution in [0.2, 0.25) is 0 Å². The van der Waals surface area contributed by atoms with Crippen LogP contribution in [0.4, 0.5) is 5.69 Å². The number of Topliss-reactive ketones (excluding diaryl/α,β-unsaturated/α-hetero) is 2. The number of primary amides is 1. The molecule has 3 aliphatic rings. The molecule has 0 bridgehead atoms. The summed E-state index contributed by atoms with van der Waals surface area (Å²) in [4.78, 5) is 53.5. The van der Waals surface area contributed by atoms with E-state index in [9.17, 15) is 39.6 Å². The van der Waals surface area contributed by atoms with Crippen LogP contribution in [0.3, 0.4) is 0 Å².